The van der Waals surface area contributed by atoms with Crippen molar-refractivity contribution in [2.24, 2.45) is 0 Å². The number of hydrogen-bond donors (Lipinski definition) is 4. The van der Waals surface area contributed by atoms with Gasteiger partial charge in [0.2, 0.25) is 0 Å². The summed E-state index contributed by atoms with van der Waals surface area (Å²) in [6.07, 6.45) is 0. The zero-order valence-electron chi connectivity index (χ0n) is 3.31. The first-order valence-electron chi connectivity index (χ1n) is 0.783. The fourth-order valence-electron chi connectivity index (χ4n) is 0. The van der Waals surface area contributed by atoms with Crippen LogP contribution in [-0.4, -0.2) is 14.7 Å². The van der Waals surface area contributed by atoms with E-state index in [1.54, 1.807) is 0 Å². The molecule has 0 aliphatic rings. The molecule has 7 heavy (non-hydrogen) atoms. The summed E-state index contributed by atoms with van der Waals surface area (Å²) in [6, 6.07) is 0. The normalized spacial score (nSPS) is 8.43. The maximum absolute atomic E-state index is 8.88. The summed E-state index contributed by atoms with van der Waals surface area (Å²) < 4.78 is 8.88. The molecule has 0 aromatic carbocycles. The third-order valence-corrected chi connectivity index (χ3v) is 0. The Morgan fingerprint density at radius 3 is 1.14 bits per heavy atom. The fourth-order valence-corrected chi connectivity index (χ4v) is 0. The van der Waals surface area contributed by atoms with Crippen LogP contribution >= 0.6 is 7.82 Å². The van der Waals surface area contributed by atoms with E-state index in [-0.39, 0.29) is 27.2 Å². The van der Waals surface area contributed by atoms with Crippen molar-refractivity contribution in [2.75, 3.05) is 0 Å². The molecule has 0 aliphatic heterocycles. The summed E-state index contributed by atoms with van der Waals surface area (Å²) in [7, 11) is -4.64. The maximum Gasteiger partial charge on any atom is 0.466 e. The van der Waals surface area contributed by atoms with E-state index in [0.29, 0.717) is 0 Å². The Morgan fingerprint density at radius 2 is 1.14 bits per heavy atom. The van der Waals surface area contributed by atoms with Crippen LogP contribution in [0, 0.1) is 0 Å². The van der Waals surface area contributed by atoms with Crippen LogP contribution in [0.2, 0.25) is 0 Å². The van der Waals surface area contributed by atoms with Gasteiger partial charge in [-0.05, 0) is 0 Å². The zero-order valence-corrected chi connectivity index (χ0v) is 7.14. The molecule has 0 saturated heterocycles. The van der Waals surface area contributed by atoms with E-state index < -0.39 is 7.82 Å². The van der Waals surface area contributed by atoms with Gasteiger partial charge in [0.1, 0.15) is 0 Å². The van der Waals surface area contributed by atoms with Crippen LogP contribution in [0.25, 0.3) is 0 Å². The molecule has 0 saturated carbocycles. The largest absolute Gasteiger partial charge is 0.466 e. The third-order valence-electron chi connectivity index (χ3n) is 0. The first-order valence-corrected chi connectivity index (χ1v) is 2.35. The predicted octanol–water partition coefficient (Wildman–Crippen LogP) is -0.769. The molecule has 5 nitrogen and oxygen atoms in total. The van der Waals surface area contributed by atoms with Crippen molar-refractivity contribution in [3.63, 3.8) is 0 Å². The van der Waals surface area contributed by atoms with Gasteiger partial charge < -0.3 is 20.8 Å². The van der Waals surface area contributed by atoms with Crippen molar-refractivity contribution in [3.05, 3.63) is 0 Å². The standard InChI is InChI=1S/H3N.H3O4P.W/c;1-5(2,3)4;/h1H3;(H3,1,2,3,4);. The molecule has 0 bridgehead atoms. The van der Waals surface area contributed by atoms with Crippen LogP contribution in [0.1, 0.15) is 0 Å². The Bertz CT molecular complexity index is 57.8. The van der Waals surface area contributed by atoms with Gasteiger partial charge in [0.25, 0.3) is 0 Å². The van der Waals surface area contributed by atoms with Gasteiger partial charge in [-0.1, -0.05) is 0 Å². The summed E-state index contributed by atoms with van der Waals surface area (Å²) in [5.41, 5.74) is 0. The second-order valence-corrected chi connectivity index (χ2v) is 1.54. The number of hydrogen-bond acceptors (Lipinski definition) is 2. The van der Waals surface area contributed by atoms with Crippen LogP contribution < -0.4 is 6.15 Å². The van der Waals surface area contributed by atoms with Crippen LogP contribution in [0.4, 0.5) is 0 Å². The summed E-state index contributed by atoms with van der Waals surface area (Å²) in [6.45, 7) is 0. The minimum absolute atomic E-state index is 0. The molecule has 0 heterocycles. The van der Waals surface area contributed by atoms with Gasteiger partial charge in [-0.2, -0.15) is 0 Å². The molecule has 6 N–H and O–H groups in total. The van der Waals surface area contributed by atoms with Gasteiger partial charge in [-0.3, -0.25) is 0 Å². The van der Waals surface area contributed by atoms with E-state index in [0.717, 1.165) is 0 Å². The van der Waals surface area contributed by atoms with Crippen molar-refractivity contribution in [1.82, 2.24) is 6.15 Å². The Morgan fingerprint density at radius 1 is 1.14 bits per heavy atom. The molecule has 0 spiro atoms. The topological polar surface area (TPSA) is 113 Å². The molecular weight excluding hydrogens is 293 g/mol. The fraction of sp³-hybridized carbons (Fsp3) is 0. The monoisotopic (exact) mass is 299 g/mol. The molecular formula is H6NO4PW. The van der Waals surface area contributed by atoms with Crippen LogP contribution in [-0.2, 0) is 25.6 Å². The number of rotatable bonds is 0. The van der Waals surface area contributed by atoms with Gasteiger partial charge in [-0.25, -0.2) is 4.57 Å². The Kier molecular flexibility index (Phi) is 11.0. The molecule has 0 atom stereocenters. The Hall–Kier alpha value is 0.758. The van der Waals surface area contributed by atoms with E-state index in [1.165, 1.54) is 0 Å². The molecule has 0 rings (SSSR count). The number of phosphoric acid groups is 1. The average molecular weight is 299 g/mol. The SMILES string of the molecule is N.O=P(O)(O)O.[W]. The summed E-state index contributed by atoms with van der Waals surface area (Å²) in [4.78, 5) is 21.6. The van der Waals surface area contributed by atoms with E-state index in [2.05, 4.69) is 0 Å². The van der Waals surface area contributed by atoms with Crippen molar-refractivity contribution in [3.8, 4) is 0 Å². The van der Waals surface area contributed by atoms with Gasteiger partial charge in [0, 0.05) is 21.1 Å². The molecule has 0 aliphatic carbocycles. The van der Waals surface area contributed by atoms with Gasteiger partial charge >= 0.3 is 7.82 Å². The second kappa shape index (κ2) is 4.91. The minimum atomic E-state index is -4.64. The molecule has 0 aromatic heterocycles. The Labute approximate surface area is 54.8 Å². The van der Waals surface area contributed by atoms with Crippen molar-refractivity contribution in [1.29, 1.82) is 0 Å². The van der Waals surface area contributed by atoms with Crippen LogP contribution in [0.15, 0.2) is 0 Å². The van der Waals surface area contributed by atoms with Gasteiger partial charge in [0.15, 0.2) is 0 Å². The summed E-state index contributed by atoms with van der Waals surface area (Å²) >= 11 is 0. The molecule has 0 amide bonds. The van der Waals surface area contributed by atoms with Gasteiger partial charge in [-0.15, -0.1) is 0 Å². The average Bonchev–Trinajstić information content (AvgIpc) is 0.722. The van der Waals surface area contributed by atoms with Gasteiger partial charge in [0.05, 0.1) is 0 Å². The van der Waals surface area contributed by atoms with Crippen LogP contribution in [0.3, 0.4) is 0 Å². The molecule has 7 heteroatoms. The van der Waals surface area contributed by atoms with E-state index in [9.17, 15) is 0 Å². The molecule has 0 fully saturated rings. The molecule has 0 unspecified atom stereocenters. The van der Waals surface area contributed by atoms with Crippen molar-refractivity contribution < 1.29 is 40.3 Å². The zero-order chi connectivity index (χ0) is 4.50. The van der Waals surface area contributed by atoms with E-state index in [1.807, 2.05) is 0 Å². The smallest absolute Gasteiger partial charge is 0.344 e. The molecule has 0 radical (unpaired) electrons. The first-order chi connectivity index (χ1) is 2.00. The molecule has 46 valence electrons. The molecule has 0 aromatic rings. The first kappa shape index (κ1) is 15.7. The van der Waals surface area contributed by atoms with E-state index in [4.69, 9.17) is 19.2 Å². The second-order valence-electron chi connectivity index (χ2n) is 0.513. The van der Waals surface area contributed by atoms with Crippen LogP contribution in [0.5, 0.6) is 0 Å². The maximum atomic E-state index is 8.88. The minimum Gasteiger partial charge on any atom is -0.344 e. The summed E-state index contributed by atoms with van der Waals surface area (Å²) in [5, 5.41) is 0. The van der Waals surface area contributed by atoms with E-state index >= 15 is 0 Å². The quantitative estimate of drug-likeness (QED) is 0.439. The predicted molar refractivity (Wildman–Crippen MR) is 19.3 cm³/mol. The summed E-state index contributed by atoms with van der Waals surface area (Å²) in [5.74, 6) is 0. The third kappa shape index (κ3) is 266. The van der Waals surface area contributed by atoms with Crippen molar-refractivity contribution in [2.45, 2.75) is 0 Å². The Balaban J connectivity index is -0.0000000800. The van der Waals surface area contributed by atoms with Crippen molar-refractivity contribution >= 4 is 7.82 Å².